The van der Waals surface area contributed by atoms with Crippen LogP contribution >= 0.6 is 12.2 Å². The second kappa shape index (κ2) is 9.92. The molecule has 6 nitrogen and oxygen atoms in total. The molecule has 1 aliphatic rings. The summed E-state index contributed by atoms with van der Waals surface area (Å²) in [4.78, 5) is 12.6. The van der Waals surface area contributed by atoms with Crippen LogP contribution in [0.5, 0.6) is 5.75 Å². The van der Waals surface area contributed by atoms with E-state index in [9.17, 15) is 4.79 Å². The lowest BCUT2D eigenvalue weighted by molar-refractivity contribution is -0.121. The highest BCUT2D eigenvalue weighted by Gasteiger charge is 2.15. The summed E-state index contributed by atoms with van der Waals surface area (Å²) in [6, 6.07) is 15.9. The van der Waals surface area contributed by atoms with Crippen molar-refractivity contribution in [2.45, 2.75) is 58.2 Å². The van der Waals surface area contributed by atoms with Crippen molar-refractivity contribution in [2.75, 3.05) is 0 Å². The van der Waals surface area contributed by atoms with Gasteiger partial charge in [0.05, 0.1) is 6.10 Å². The van der Waals surface area contributed by atoms with Gasteiger partial charge in [0, 0.05) is 12.1 Å². The molecule has 1 amide bonds. The van der Waals surface area contributed by atoms with Crippen molar-refractivity contribution in [3.05, 3.63) is 64.4 Å². The molecule has 0 bridgehead atoms. The third kappa shape index (κ3) is 5.61. The molecule has 2 N–H and O–H groups in total. The average molecular weight is 437 g/mol. The van der Waals surface area contributed by atoms with Crippen molar-refractivity contribution in [3.63, 3.8) is 0 Å². The van der Waals surface area contributed by atoms with Gasteiger partial charge in [-0.05, 0) is 68.6 Å². The molecule has 31 heavy (non-hydrogen) atoms. The second-order valence-electron chi connectivity index (χ2n) is 8.11. The van der Waals surface area contributed by atoms with Crippen LogP contribution in [0.1, 0.15) is 43.2 Å². The maximum atomic E-state index is 12.6. The summed E-state index contributed by atoms with van der Waals surface area (Å²) in [6.07, 6.45) is 6.33. The predicted octanol–water partition coefficient (Wildman–Crippen LogP) is 4.94. The van der Waals surface area contributed by atoms with Gasteiger partial charge in [0.15, 0.2) is 10.6 Å². The summed E-state index contributed by atoms with van der Waals surface area (Å²) in [5.41, 5.74) is 3.06. The van der Waals surface area contributed by atoms with Gasteiger partial charge in [-0.1, -0.05) is 42.3 Å². The fraction of sp³-hybridized carbons (Fsp3) is 0.375. The van der Waals surface area contributed by atoms with E-state index in [0.29, 0.717) is 23.2 Å². The normalized spacial score (nSPS) is 14.4. The molecule has 0 radical (unpaired) electrons. The number of nitrogens with one attached hydrogen (secondary N) is 2. The minimum Gasteiger partial charge on any atom is -0.490 e. The number of amides is 1. The van der Waals surface area contributed by atoms with Crippen molar-refractivity contribution < 1.29 is 9.53 Å². The summed E-state index contributed by atoms with van der Waals surface area (Å²) >= 11 is 5.34. The van der Waals surface area contributed by atoms with Gasteiger partial charge in [-0.15, -0.1) is 0 Å². The Hall–Kier alpha value is -2.93. The number of aromatic amines is 1. The Morgan fingerprint density at radius 1 is 1.19 bits per heavy atom. The van der Waals surface area contributed by atoms with Gasteiger partial charge in [-0.2, -0.15) is 5.10 Å². The Kier molecular flexibility index (Phi) is 6.82. The van der Waals surface area contributed by atoms with E-state index < -0.39 is 0 Å². The van der Waals surface area contributed by atoms with Crippen LogP contribution in [0.25, 0.3) is 11.4 Å². The quantitative estimate of drug-likeness (QED) is 0.515. The third-order valence-electron chi connectivity index (χ3n) is 5.58. The molecular weight excluding hydrogens is 408 g/mol. The zero-order valence-electron chi connectivity index (χ0n) is 17.8. The molecule has 1 saturated carbocycles. The molecule has 0 aliphatic heterocycles. The average Bonchev–Trinajstić information content (AvgIpc) is 3.13. The molecule has 162 valence electrons. The zero-order valence-corrected chi connectivity index (χ0v) is 18.6. The molecule has 0 atom stereocenters. The van der Waals surface area contributed by atoms with Crippen molar-refractivity contribution in [1.82, 2.24) is 20.1 Å². The number of nitrogens with zero attached hydrogens (tertiary/aromatic N) is 2. The van der Waals surface area contributed by atoms with Gasteiger partial charge < -0.3 is 10.1 Å². The van der Waals surface area contributed by atoms with Crippen LogP contribution in [0, 0.1) is 11.7 Å². The van der Waals surface area contributed by atoms with E-state index in [4.69, 9.17) is 17.0 Å². The first-order chi connectivity index (χ1) is 15.1. The third-order valence-corrected chi connectivity index (χ3v) is 5.89. The summed E-state index contributed by atoms with van der Waals surface area (Å²) in [6.45, 7) is 2.57. The lowest BCUT2D eigenvalue weighted by atomic mass is 9.98. The molecule has 1 fully saturated rings. The minimum atomic E-state index is -0.120. The Morgan fingerprint density at radius 2 is 2.00 bits per heavy atom. The second-order valence-corrected chi connectivity index (χ2v) is 8.50. The predicted molar refractivity (Wildman–Crippen MR) is 123 cm³/mol. The first-order valence-electron chi connectivity index (χ1n) is 10.8. The molecule has 0 saturated heterocycles. The highest BCUT2D eigenvalue weighted by Crippen LogP contribution is 2.24. The van der Waals surface area contributed by atoms with Gasteiger partial charge >= 0.3 is 0 Å². The number of aromatic nitrogens is 3. The number of ether oxygens (including phenoxy) is 1. The van der Waals surface area contributed by atoms with Crippen molar-refractivity contribution in [1.29, 1.82) is 0 Å². The molecule has 0 spiro atoms. The van der Waals surface area contributed by atoms with Crippen LogP contribution in [0.15, 0.2) is 48.5 Å². The number of hydrogen-bond donors (Lipinski definition) is 2. The zero-order chi connectivity index (χ0) is 21.6. The Morgan fingerprint density at radius 3 is 2.81 bits per heavy atom. The molecule has 2 aromatic carbocycles. The topological polar surface area (TPSA) is 71.9 Å². The van der Waals surface area contributed by atoms with Crippen LogP contribution in [-0.4, -0.2) is 26.8 Å². The van der Waals surface area contributed by atoms with E-state index in [1.54, 1.807) is 4.57 Å². The highest BCUT2D eigenvalue weighted by molar-refractivity contribution is 7.71. The molecular formula is C24H28N4O2S. The van der Waals surface area contributed by atoms with E-state index in [0.717, 1.165) is 35.3 Å². The van der Waals surface area contributed by atoms with Crippen molar-refractivity contribution in [3.8, 4) is 17.1 Å². The van der Waals surface area contributed by atoms with Crippen molar-refractivity contribution >= 4 is 18.1 Å². The number of hydrogen-bond acceptors (Lipinski definition) is 4. The van der Waals surface area contributed by atoms with Crippen molar-refractivity contribution in [2.24, 2.45) is 0 Å². The summed E-state index contributed by atoms with van der Waals surface area (Å²) < 4.78 is 8.28. The molecule has 1 aromatic heterocycles. The fourth-order valence-corrected chi connectivity index (χ4v) is 4.17. The molecule has 7 heteroatoms. The minimum absolute atomic E-state index is 0.108. The lowest BCUT2D eigenvalue weighted by Gasteiger charge is -2.23. The lowest BCUT2D eigenvalue weighted by Crippen LogP contribution is -2.27. The Bertz CT molecular complexity index is 1100. The van der Waals surface area contributed by atoms with Gasteiger partial charge in [-0.3, -0.25) is 14.5 Å². The fourth-order valence-electron chi connectivity index (χ4n) is 3.97. The number of rotatable bonds is 7. The summed E-state index contributed by atoms with van der Waals surface area (Å²) in [5, 5.41) is 10.1. The molecule has 3 aromatic rings. The summed E-state index contributed by atoms with van der Waals surface area (Å²) in [7, 11) is 0. The molecule has 0 unspecified atom stereocenters. The number of H-pyrrole nitrogens is 1. The van der Waals surface area contributed by atoms with Gasteiger partial charge in [0.2, 0.25) is 5.91 Å². The smallest absolute Gasteiger partial charge is 0.240 e. The van der Waals surface area contributed by atoms with Gasteiger partial charge in [0.1, 0.15) is 12.3 Å². The molecule has 4 rings (SSSR count). The largest absolute Gasteiger partial charge is 0.490 e. The van der Waals surface area contributed by atoms with Crippen LogP contribution < -0.4 is 10.1 Å². The van der Waals surface area contributed by atoms with Gasteiger partial charge in [-0.25, -0.2) is 0 Å². The maximum absolute atomic E-state index is 12.6. The number of carbonyl (C=O) groups excluding carboxylic acids is 1. The van der Waals surface area contributed by atoms with E-state index in [-0.39, 0.29) is 12.5 Å². The van der Waals surface area contributed by atoms with Crippen LogP contribution in [0.4, 0.5) is 0 Å². The van der Waals surface area contributed by atoms with Crippen LogP contribution in [0.2, 0.25) is 0 Å². The highest BCUT2D eigenvalue weighted by atomic mass is 32.1. The van der Waals surface area contributed by atoms with Gasteiger partial charge in [0.25, 0.3) is 0 Å². The maximum Gasteiger partial charge on any atom is 0.240 e. The SMILES string of the molecule is Cc1cccc(-c2n[nH]c(=S)n2CC(=O)NCc2cccc(OC3CCCCC3)c2)c1. The van der Waals surface area contributed by atoms with E-state index >= 15 is 0 Å². The Balaban J connectivity index is 1.37. The standard InChI is InChI=1S/C24H28N4O2S/c1-17-7-5-9-19(13-17)23-26-27-24(31)28(23)16-22(29)25-15-18-8-6-12-21(14-18)30-20-10-3-2-4-11-20/h5-9,12-14,20H,2-4,10-11,15-16H2,1H3,(H,25,29)(H,27,31). The number of carbonyl (C=O) groups is 1. The monoisotopic (exact) mass is 436 g/mol. The number of benzene rings is 2. The molecule has 1 heterocycles. The van der Waals surface area contributed by atoms with E-state index in [2.05, 4.69) is 15.5 Å². The van der Waals surface area contributed by atoms with E-state index in [1.807, 2.05) is 55.5 Å². The van der Waals surface area contributed by atoms with Crippen LogP contribution in [0.3, 0.4) is 0 Å². The first kappa shape index (κ1) is 21.3. The Labute approximate surface area is 187 Å². The number of aryl methyl sites for hydroxylation is 1. The van der Waals surface area contributed by atoms with Crippen LogP contribution in [-0.2, 0) is 17.9 Å². The first-order valence-corrected chi connectivity index (χ1v) is 11.2. The van der Waals surface area contributed by atoms with E-state index in [1.165, 1.54) is 19.3 Å². The molecule has 1 aliphatic carbocycles. The summed E-state index contributed by atoms with van der Waals surface area (Å²) in [5.74, 6) is 1.41.